The summed E-state index contributed by atoms with van der Waals surface area (Å²) in [5, 5.41) is 23.0. The highest BCUT2D eigenvalue weighted by molar-refractivity contribution is 6.35. The molecule has 2 aromatic heterocycles. The molecular formula is C48H36Cl2N8O4. The van der Waals surface area contributed by atoms with Crippen molar-refractivity contribution < 1.29 is 19.2 Å². The summed E-state index contributed by atoms with van der Waals surface area (Å²) >= 11 is 13.4. The number of carbonyl (C=O) groups is 4. The lowest BCUT2D eigenvalue weighted by atomic mass is 9.67. The Hall–Kier alpha value is -6.76. The van der Waals surface area contributed by atoms with Gasteiger partial charge in [0, 0.05) is 102 Å². The number of amides is 2. The number of aryl methyl sites for hydroxylation is 2. The van der Waals surface area contributed by atoms with Crippen molar-refractivity contribution >= 4 is 81.0 Å². The fourth-order valence-electron chi connectivity index (χ4n) is 11.2. The maximum absolute atomic E-state index is 15.3. The Bertz CT molecular complexity index is 2950. The summed E-state index contributed by atoms with van der Waals surface area (Å²) in [6, 6.07) is 25.7. The van der Waals surface area contributed by atoms with Gasteiger partial charge in [-0.25, -0.2) is 0 Å². The van der Waals surface area contributed by atoms with Gasteiger partial charge in [0.05, 0.1) is 11.4 Å². The van der Waals surface area contributed by atoms with E-state index < -0.39 is 10.8 Å². The Balaban J connectivity index is 0.827. The zero-order valence-corrected chi connectivity index (χ0v) is 35.0. The van der Waals surface area contributed by atoms with Crippen molar-refractivity contribution in [1.29, 1.82) is 0 Å². The summed E-state index contributed by atoms with van der Waals surface area (Å²) in [5.41, 5.74) is 6.95. The fourth-order valence-corrected chi connectivity index (χ4v) is 11.6. The highest BCUT2D eigenvalue weighted by Gasteiger charge is 2.64. The topological polar surface area (TPSA) is 156 Å². The van der Waals surface area contributed by atoms with Crippen LogP contribution in [-0.2, 0) is 20.4 Å². The largest absolute Gasteiger partial charge is 0.338 e. The van der Waals surface area contributed by atoms with Gasteiger partial charge < -0.3 is 20.4 Å². The van der Waals surface area contributed by atoms with Crippen LogP contribution in [0.2, 0.25) is 10.0 Å². The summed E-state index contributed by atoms with van der Waals surface area (Å²) in [4.78, 5) is 63.1. The Morgan fingerprint density at radius 1 is 0.548 bits per heavy atom. The Kier molecular flexibility index (Phi) is 7.70. The predicted octanol–water partition coefficient (Wildman–Crippen LogP) is 8.65. The van der Waals surface area contributed by atoms with Gasteiger partial charge >= 0.3 is 0 Å². The molecule has 62 heavy (non-hydrogen) atoms. The number of nitrogens with zero attached hydrogens (tertiary/aromatic N) is 4. The second-order valence-corrected chi connectivity index (χ2v) is 17.7. The number of Topliss-reactive ketones (excluding diaryl/α,β-unsaturated/α-hetero) is 2. The fraction of sp³-hybridized carbons (Fsp3) is 0.208. The zero-order valence-electron chi connectivity index (χ0n) is 33.5. The number of anilines is 4. The molecule has 2 amide bonds. The van der Waals surface area contributed by atoms with Crippen LogP contribution in [0.25, 0.3) is 11.4 Å². The number of hydrogen-bond acceptors (Lipinski definition) is 8. The van der Waals surface area contributed by atoms with Crippen LogP contribution >= 0.6 is 23.2 Å². The SMILES string of the molecule is Cc1[nH]nc2c1C1(C(=O)N(CCCCCCN3C(=O)C4(C5=C(Nc6n[nH]c(C)c64)c4ccccc4C5=O)c4cc(Cl)ccc43)c3ccc(Cl)cc31)C1=C(N2)c2ccccc2C1=O. The average molecular weight is 860 g/mol. The standard InChI is InChI=1S/C48H36Cl2N8O4/c1-23-35-43(55-53-23)51-39-27-11-5-7-13-29(27)41(59)37(39)47(35)31-21-25(49)15-17-33(31)57(45(47)61)19-9-3-4-10-20-58-34-18-16-26(50)22-32(34)48(46(58)62)36-24(2)54-56-44(36)52-40-28-12-6-8-14-30(28)42(60)38(40)48/h5-8,11-18,21-22H,3-4,9-10,19-20H2,1-2H3,(H2,51,53,55)(H2,52,54,56). The number of ketones is 2. The van der Waals surface area contributed by atoms with Crippen LogP contribution in [0.1, 0.15) is 91.2 Å². The summed E-state index contributed by atoms with van der Waals surface area (Å²) in [6.07, 6.45) is 2.84. The van der Waals surface area contributed by atoms with Gasteiger partial charge in [0.2, 0.25) is 11.8 Å². The Morgan fingerprint density at radius 3 is 1.37 bits per heavy atom. The smallest absolute Gasteiger partial charge is 0.247 e. The van der Waals surface area contributed by atoms with Crippen LogP contribution in [-0.4, -0.2) is 56.9 Å². The van der Waals surface area contributed by atoms with Gasteiger partial charge in [0.15, 0.2) is 23.2 Å². The maximum atomic E-state index is 15.3. The average Bonchev–Trinajstić information content (AvgIpc) is 4.08. The van der Waals surface area contributed by atoms with E-state index in [1.165, 1.54) is 0 Å². The molecule has 4 aromatic carbocycles. The van der Waals surface area contributed by atoms with E-state index in [1.54, 1.807) is 34.1 Å². The van der Waals surface area contributed by atoms with E-state index >= 15 is 9.59 Å². The van der Waals surface area contributed by atoms with Gasteiger partial charge in [-0.3, -0.25) is 29.4 Å². The van der Waals surface area contributed by atoms with E-state index in [-0.39, 0.29) is 23.4 Å². The molecule has 2 atom stereocenters. The number of carbonyl (C=O) groups excluding carboxylic acids is 4. The third kappa shape index (κ3) is 4.47. The van der Waals surface area contributed by atoms with E-state index in [0.29, 0.717) is 126 Å². The van der Waals surface area contributed by atoms with Crippen LogP contribution in [0, 0.1) is 13.8 Å². The molecule has 0 bridgehead atoms. The molecule has 6 aromatic rings. The van der Waals surface area contributed by atoms with Gasteiger partial charge in [-0.1, -0.05) is 84.6 Å². The number of H-pyrrole nitrogens is 2. The normalized spacial score (nSPS) is 21.0. The van der Waals surface area contributed by atoms with Crippen LogP contribution < -0.4 is 20.4 Å². The molecule has 6 heterocycles. The molecule has 6 aliphatic rings. The van der Waals surface area contributed by atoms with Crippen molar-refractivity contribution in [3.05, 3.63) is 162 Å². The lowest BCUT2D eigenvalue weighted by Gasteiger charge is -2.35. The van der Waals surface area contributed by atoms with E-state index in [9.17, 15) is 9.59 Å². The Labute approximate surface area is 365 Å². The molecule has 14 heteroatoms. The minimum Gasteiger partial charge on any atom is -0.338 e. The van der Waals surface area contributed by atoms with Gasteiger partial charge in [0.25, 0.3) is 0 Å². The third-order valence-electron chi connectivity index (χ3n) is 13.7. The number of halogens is 2. The quantitative estimate of drug-likeness (QED) is 0.116. The lowest BCUT2D eigenvalue weighted by molar-refractivity contribution is -0.121. The minimum absolute atomic E-state index is 0.199. The van der Waals surface area contributed by atoms with Crippen molar-refractivity contribution in [2.75, 3.05) is 33.5 Å². The van der Waals surface area contributed by atoms with Crippen molar-refractivity contribution in [3.8, 4) is 0 Å². The first kappa shape index (κ1) is 37.0. The van der Waals surface area contributed by atoms with Gasteiger partial charge in [0.1, 0.15) is 10.8 Å². The number of fused-ring (bicyclic) bond motifs is 14. The summed E-state index contributed by atoms with van der Waals surface area (Å²) in [5.74, 6) is 0.184. The maximum Gasteiger partial charge on any atom is 0.247 e. The first-order chi connectivity index (χ1) is 30.1. The van der Waals surface area contributed by atoms with Crippen molar-refractivity contribution in [2.45, 2.75) is 50.4 Å². The first-order valence-corrected chi connectivity index (χ1v) is 21.5. The van der Waals surface area contributed by atoms with Gasteiger partial charge in [-0.05, 0) is 63.1 Å². The molecule has 2 unspecified atom stereocenters. The number of aromatic amines is 2. The number of nitrogens with one attached hydrogen (secondary N) is 4. The molecule has 306 valence electrons. The molecule has 12 nitrogen and oxygen atoms in total. The third-order valence-corrected chi connectivity index (χ3v) is 14.1. The second kappa shape index (κ2) is 12.9. The molecule has 0 fully saturated rings. The van der Waals surface area contributed by atoms with Gasteiger partial charge in [-0.2, -0.15) is 10.2 Å². The molecule has 4 N–H and O–H groups in total. The van der Waals surface area contributed by atoms with Crippen molar-refractivity contribution in [3.63, 3.8) is 0 Å². The zero-order chi connectivity index (χ0) is 42.4. The number of unbranched alkanes of at least 4 members (excludes halogenated alkanes) is 3. The molecule has 0 saturated heterocycles. The summed E-state index contributed by atoms with van der Waals surface area (Å²) in [7, 11) is 0. The summed E-state index contributed by atoms with van der Waals surface area (Å²) < 4.78 is 0. The summed E-state index contributed by atoms with van der Waals surface area (Å²) in [6.45, 7) is 4.55. The monoisotopic (exact) mass is 858 g/mol. The number of rotatable bonds is 7. The van der Waals surface area contributed by atoms with E-state index in [2.05, 4.69) is 31.0 Å². The number of benzene rings is 4. The van der Waals surface area contributed by atoms with E-state index in [1.807, 2.05) is 74.5 Å². The molecular weight excluding hydrogens is 823 g/mol. The second-order valence-electron chi connectivity index (χ2n) is 16.8. The van der Waals surface area contributed by atoms with Crippen molar-refractivity contribution in [2.24, 2.45) is 0 Å². The van der Waals surface area contributed by atoms with E-state index in [0.717, 1.165) is 24.0 Å². The highest BCUT2D eigenvalue weighted by Crippen LogP contribution is 2.61. The predicted molar refractivity (Wildman–Crippen MR) is 237 cm³/mol. The molecule has 2 aliphatic carbocycles. The van der Waals surface area contributed by atoms with Crippen molar-refractivity contribution in [1.82, 2.24) is 20.4 Å². The molecule has 12 rings (SSSR count). The van der Waals surface area contributed by atoms with E-state index in [4.69, 9.17) is 23.2 Å². The molecule has 4 aliphatic heterocycles. The molecule has 2 spiro atoms. The lowest BCUT2D eigenvalue weighted by Crippen LogP contribution is -2.47. The van der Waals surface area contributed by atoms with Crippen LogP contribution in [0.15, 0.2) is 96.1 Å². The van der Waals surface area contributed by atoms with Crippen LogP contribution in [0.5, 0.6) is 0 Å². The molecule has 0 saturated carbocycles. The highest BCUT2D eigenvalue weighted by atomic mass is 35.5. The van der Waals surface area contributed by atoms with Gasteiger partial charge in [-0.15, -0.1) is 0 Å². The Morgan fingerprint density at radius 2 is 0.952 bits per heavy atom. The number of hydrogen-bond donors (Lipinski definition) is 4. The number of aromatic nitrogens is 4. The minimum atomic E-state index is -1.45. The van der Waals surface area contributed by atoms with Crippen LogP contribution in [0.4, 0.5) is 23.0 Å². The first-order valence-electron chi connectivity index (χ1n) is 20.7. The molecule has 0 radical (unpaired) electrons. The van der Waals surface area contributed by atoms with Crippen LogP contribution in [0.3, 0.4) is 0 Å².